The Kier molecular flexibility index (Phi) is 7.82. The molecule has 1 aliphatic rings. The van der Waals surface area contributed by atoms with Crippen LogP contribution in [0.1, 0.15) is 12.0 Å². The number of nitrogens with one attached hydrogen (secondary N) is 1. The van der Waals surface area contributed by atoms with E-state index in [9.17, 15) is 39.9 Å². The third-order valence-corrected chi connectivity index (χ3v) is 8.58. The fourth-order valence-electron chi connectivity index (χ4n) is 3.65. The van der Waals surface area contributed by atoms with Gasteiger partial charge < -0.3 is 14.4 Å². The maximum atomic E-state index is 13.6. The van der Waals surface area contributed by atoms with Gasteiger partial charge >= 0.3 is 12.3 Å². The maximum Gasteiger partial charge on any atom is 0.416 e. The van der Waals surface area contributed by atoms with E-state index in [1.54, 1.807) is 0 Å². The van der Waals surface area contributed by atoms with Gasteiger partial charge in [-0.1, -0.05) is 6.07 Å². The Labute approximate surface area is 225 Å². The largest absolute Gasteiger partial charge is 0.755 e. The lowest BCUT2D eigenvalue weighted by molar-refractivity contribution is -0.137. The molecule has 2 amide bonds. The predicted octanol–water partition coefficient (Wildman–Crippen LogP) is 3.43. The van der Waals surface area contributed by atoms with Crippen LogP contribution in [0.5, 0.6) is 5.75 Å². The van der Waals surface area contributed by atoms with Crippen molar-refractivity contribution in [2.75, 3.05) is 20.5 Å². The van der Waals surface area contributed by atoms with Crippen molar-refractivity contribution < 1.29 is 49.8 Å². The highest BCUT2D eigenvalue weighted by Crippen LogP contribution is 2.40. The highest BCUT2D eigenvalue weighted by molar-refractivity contribution is 7.92. The molecule has 0 bridgehead atoms. The number of anilines is 3. The minimum atomic E-state index is -4.84. The van der Waals surface area contributed by atoms with Gasteiger partial charge in [-0.25, -0.2) is 22.5 Å². The number of hydrogen-bond donors (Lipinski definition) is 2. The molecule has 2 unspecified atom stereocenters. The number of thiazole rings is 1. The van der Waals surface area contributed by atoms with Crippen LogP contribution < -0.4 is 18.7 Å². The zero-order valence-electron chi connectivity index (χ0n) is 19.2. The quantitative estimate of drug-likeness (QED) is 0.383. The van der Waals surface area contributed by atoms with E-state index in [1.807, 2.05) is 5.32 Å². The number of sulfonamides is 1. The first-order chi connectivity index (χ1) is 18.3. The van der Waals surface area contributed by atoms with E-state index in [2.05, 4.69) is 4.98 Å². The van der Waals surface area contributed by atoms with Gasteiger partial charge in [-0.3, -0.25) is 18.6 Å². The minimum absolute atomic E-state index is 0.0692. The molecule has 208 valence electrons. The number of nitrogens with zero attached hydrogens (tertiary/aromatic N) is 3. The van der Waals surface area contributed by atoms with E-state index in [0.717, 1.165) is 29.5 Å². The van der Waals surface area contributed by atoms with Gasteiger partial charge in [0.2, 0.25) is 11.0 Å². The molecule has 1 aromatic heterocycles. The number of carbonyl (C=O) groups excluding carboxylic acids is 1. The average Bonchev–Trinajstić information content (AvgIpc) is 3.37. The standard InChI is InChI=1S/C21H17F3N4O8S3/c22-21(23,24)12-2-1-3-15(8-12)39(34,35)27-11-14(10-18(29)28(38(32)33)19-25-6-7-37-19)36-17-5-4-13(9-16(17)27)26-20(30)31/h1-9,14,26H,10-11H2,(H,30,31)(H,32,33)/p-1. The zero-order chi connectivity index (χ0) is 28.5. The van der Waals surface area contributed by atoms with Crippen LogP contribution in [-0.4, -0.2) is 51.9 Å². The van der Waals surface area contributed by atoms with E-state index < -0.39 is 69.0 Å². The molecule has 18 heteroatoms. The van der Waals surface area contributed by atoms with Gasteiger partial charge in [-0.05, 0) is 36.4 Å². The van der Waals surface area contributed by atoms with Gasteiger partial charge in [0.25, 0.3) is 10.0 Å². The molecular formula is C21H16F3N4O8S3-. The van der Waals surface area contributed by atoms with Gasteiger partial charge in [0, 0.05) is 17.3 Å². The van der Waals surface area contributed by atoms with Crippen molar-refractivity contribution in [3.63, 3.8) is 0 Å². The molecule has 4 rings (SSSR count). The molecule has 0 saturated heterocycles. The Morgan fingerprint density at radius 2 is 2.03 bits per heavy atom. The van der Waals surface area contributed by atoms with Crippen molar-refractivity contribution in [2.45, 2.75) is 23.6 Å². The number of hydrogen-bond acceptors (Lipinski definition) is 9. The Hall–Kier alpha value is -3.74. The molecule has 39 heavy (non-hydrogen) atoms. The summed E-state index contributed by atoms with van der Waals surface area (Å²) in [5, 5.41) is 12.3. The van der Waals surface area contributed by atoms with Crippen LogP contribution >= 0.6 is 11.3 Å². The Morgan fingerprint density at radius 1 is 1.28 bits per heavy atom. The first-order valence-electron chi connectivity index (χ1n) is 10.6. The lowest BCUT2D eigenvalue weighted by Crippen LogP contribution is -2.46. The highest BCUT2D eigenvalue weighted by Gasteiger charge is 2.38. The first-order valence-corrected chi connectivity index (χ1v) is 13.9. The smallest absolute Gasteiger partial charge is 0.416 e. The molecule has 0 spiro atoms. The number of halogens is 3. The summed E-state index contributed by atoms with van der Waals surface area (Å²) < 4.78 is 97.2. The van der Waals surface area contributed by atoms with Gasteiger partial charge in [0.05, 0.1) is 40.4 Å². The summed E-state index contributed by atoms with van der Waals surface area (Å²) in [4.78, 5) is 27.0. The Balaban J connectivity index is 1.74. The summed E-state index contributed by atoms with van der Waals surface area (Å²) in [7, 11) is -4.73. The SMILES string of the molecule is O=C(O)Nc1ccc2c(c1)N(S(=O)(=O)c1cccc(C(F)(F)F)c1)CC(CC(=O)N(c1nccs1)S(=O)[O-])O2. The molecule has 0 fully saturated rings. The number of ether oxygens (including phenoxy) is 1. The molecular weight excluding hydrogens is 589 g/mol. The van der Waals surface area contributed by atoms with E-state index >= 15 is 0 Å². The summed E-state index contributed by atoms with van der Waals surface area (Å²) in [6.45, 7) is -0.620. The van der Waals surface area contributed by atoms with Crippen molar-refractivity contribution in [2.24, 2.45) is 0 Å². The number of carboxylic acid groups (broad SMARTS) is 1. The third-order valence-electron chi connectivity index (χ3n) is 5.26. The number of carbonyl (C=O) groups is 2. The van der Waals surface area contributed by atoms with Crippen molar-refractivity contribution in [3.05, 3.63) is 59.6 Å². The molecule has 2 aromatic carbocycles. The van der Waals surface area contributed by atoms with Crippen LogP contribution in [0.3, 0.4) is 0 Å². The van der Waals surface area contributed by atoms with Gasteiger partial charge in [-0.2, -0.15) is 13.2 Å². The molecule has 0 saturated carbocycles. The topological polar surface area (TPSA) is 169 Å². The molecule has 2 heterocycles. The summed E-state index contributed by atoms with van der Waals surface area (Å²) in [6.07, 6.45) is -6.97. The molecule has 0 aliphatic carbocycles. The van der Waals surface area contributed by atoms with E-state index in [1.165, 1.54) is 23.7 Å². The lowest BCUT2D eigenvalue weighted by atomic mass is 10.1. The molecule has 3 aromatic rings. The number of aromatic nitrogens is 1. The fourth-order valence-corrected chi connectivity index (χ4v) is 6.49. The van der Waals surface area contributed by atoms with Crippen LogP contribution in [0.25, 0.3) is 0 Å². The van der Waals surface area contributed by atoms with Gasteiger partial charge in [0.1, 0.15) is 11.9 Å². The summed E-state index contributed by atoms with van der Waals surface area (Å²) in [5.41, 5.74) is -1.51. The first kappa shape index (κ1) is 28.3. The van der Waals surface area contributed by atoms with E-state index in [0.29, 0.717) is 20.7 Å². The number of amides is 2. The monoisotopic (exact) mass is 605 g/mol. The number of benzene rings is 2. The predicted molar refractivity (Wildman–Crippen MR) is 132 cm³/mol. The van der Waals surface area contributed by atoms with Crippen molar-refractivity contribution in [1.29, 1.82) is 0 Å². The van der Waals surface area contributed by atoms with Crippen LogP contribution in [0.2, 0.25) is 0 Å². The van der Waals surface area contributed by atoms with Crippen LogP contribution in [0, 0.1) is 0 Å². The molecule has 2 N–H and O–H groups in total. The van der Waals surface area contributed by atoms with Crippen molar-refractivity contribution >= 4 is 61.1 Å². The molecule has 2 atom stereocenters. The van der Waals surface area contributed by atoms with Gasteiger partial charge in [-0.15, -0.1) is 11.3 Å². The maximum absolute atomic E-state index is 13.6. The number of rotatable bonds is 7. The summed E-state index contributed by atoms with van der Waals surface area (Å²) in [6, 6.07) is 6.53. The number of fused-ring (bicyclic) bond motifs is 1. The van der Waals surface area contributed by atoms with Crippen LogP contribution in [0.4, 0.5) is 34.5 Å². The second-order valence-corrected chi connectivity index (χ2v) is 11.4. The third kappa shape index (κ3) is 6.13. The Morgan fingerprint density at radius 3 is 2.64 bits per heavy atom. The molecule has 0 radical (unpaired) electrons. The van der Waals surface area contributed by atoms with E-state index in [-0.39, 0.29) is 22.3 Å². The average molecular weight is 606 g/mol. The van der Waals surface area contributed by atoms with E-state index in [4.69, 9.17) is 9.84 Å². The Bertz CT molecular complexity index is 1530. The lowest BCUT2D eigenvalue weighted by Gasteiger charge is -2.36. The van der Waals surface area contributed by atoms with Crippen LogP contribution in [0.15, 0.2) is 58.9 Å². The molecule has 1 aliphatic heterocycles. The number of alkyl halides is 3. The van der Waals surface area contributed by atoms with Crippen molar-refractivity contribution in [3.8, 4) is 5.75 Å². The highest BCUT2D eigenvalue weighted by atomic mass is 32.2. The normalized spacial score (nSPS) is 16.1. The minimum Gasteiger partial charge on any atom is -0.755 e. The summed E-state index contributed by atoms with van der Waals surface area (Å²) in [5.74, 6) is -1.15. The fraction of sp³-hybridized carbons (Fsp3) is 0.190. The van der Waals surface area contributed by atoms with Crippen molar-refractivity contribution in [1.82, 2.24) is 4.98 Å². The van der Waals surface area contributed by atoms with Crippen LogP contribution in [-0.2, 0) is 32.3 Å². The second kappa shape index (κ2) is 10.8. The second-order valence-electron chi connectivity index (χ2n) is 7.84. The van der Waals surface area contributed by atoms with Gasteiger partial charge in [0.15, 0.2) is 0 Å². The molecule has 12 nitrogen and oxygen atoms in total. The summed E-state index contributed by atoms with van der Waals surface area (Å²) >= 11 is -2.21. The zero-order valence-corrected chi connectivity index (χ0v) is 21.6.